The number of nitrogens with zero attached hydrogens (tertiary/aromatic N) is 1. The Labute approximate surface area is 109 Å². The lowest BCUT2D eigenvalue weighted by molar-refractivity contribution is 0.433. The van der Waals surface area contributed by atoms with Gasteiger partial charge in [-0.3, -0.25) is 0 Å². The standard InChI is InChI=1S/C11H19NO4S2/c1-10(2,3)18(15,16)7-5-11(8-12)4-6-17(13,14)9-11/h4-7,9H2,1-3H3. The van der Waals surface area contributed by atoms with Gasteiger partial charge in [0.2, 0.25) is 0 Å². The molecule has 1 aliphatic heterocycles. The van der Waals surface area contributed by atoms with Gasteiger partial charge in [0, 0.05) is 0 Å². The predicted molar refractivity (Wildman–Crippen MR) is 69.5 cm³/mol. The first-order valence-electron chi connectivity index (χ1n) is 5.77. The molecule has 0 amide bonds. The summed E-state index contributed by atoms with van der Waals surface area (Å²) in [5.41, 5.74) is -1.02. The summed E-state index contributed by atoms with van der Waals surface area (Å²) < 4.78 is 45.9. The highest BCUT2D eigenvalue weighted by molar-refractivity contribution is 7.92. The highest BCUT2D eigenvalue weighted by Crippen LogP contribution is 2.36. The Morgan fingerprint density at radius 2 is 1.89 bits per heavy atom. The van der Waals surface area contributed by atoms with E-state index in [0.717, 1.165) is 0 Å². The van der Waals surface area contributed by atoms with E-state index < -0.39 is 29.8 Å². The molecule has 1 atom stereocenters. The topological polar surface area (TPSA) is 92.1 Å². The van der Waals surface area contributed by atoms with Gasteiger partial charge in [-0.25, -0.2) is 16.8 Å². The van der Waals surface area contributed by atoms with Crippen LogP contribution >= 0.6 is 0 Å². The average Bonchev–Trinajstić information content (AvgIpc) is 2.51. The van der Waals surface area contributed by atoms with Crippen LogP contribution in [-0.2, 0) is 19.7 Å². The predicted octanol–water partition coefficient (Wildman–Crippen LogP) is 0.918. The summed E-state index contributed by atoms with van der Waals surface area (Å²) in [6.45, 7) is 4.81. The van der Waals surface area contributed by atoms with Gasteiger partial charge in [0.05, 0.1) is 33.5 Å². The van der Waals surface area contributed by atoms with Crippen LogP contribution in [0.3, 0.4) is 0 Å². The van der Waals surface area contributed by atoms with E-state index in [1.165, 1.54) is 0 Å². The van der Waals surface area contributed by atoms with Crippen LogP contribution in [0, 0.1) is 16.7 Å². The summed E-state index contributed by atoms with van der Waals surface area (Å²) in [5, 5.41) is 9.14. The highest BCUT2D eigenvalue weighted by Gasteiger charge is 2.44. The first kappa shape index (κ1) is 15.4. The van der Waals surface area contributed by atoms with Crippen molar-refractivity contribution in [2.24, 2.45) is 5.41 Å². The lowest BCUT2D eigenvalue weighted by Crippen LogP contribution is -2.33. The van der Waals surface area contributed by atoms with E-state index in [4.69, 9.17) is 5.26 Å². The molecule has 1 aliphatic rings. The SMILES string of the molecule is CC(C)(C)S(=O)(=O)CCC1(C#N)CCS(=O)(=O)C1. The summed E-state index contributed by atoms with van der Waals surface area (Å²) >= 11 is 0. The molecule has 1 unspecified atom stereocenters. The minimum atomic E-state index is -3.32. The Hall–Kier alpha value is -0.610. The molecule has 0 N–H and O–H groups in total. The maximum Gasteiger partial charge on any atom is 0.155 e. The summed E-state index contributed by atoms with van der Waals surface area (Å²) in [5.74, 6) is -0.369. The van der Waals surface area contributed by atoms with Crippen molar-refractivity contribution < 1.29 is 16.8 Å². The molecule has 0 aliphatic carbocycles. The third kappa shape index (κ3) is 3.23. The van der Waals surface area contributed by atoms with E-state index in [1.54, 1.807) is 20.8 Å². The van der Waals surface area contributed by atoms with Crippen molar-refractivity contribution in [3.8, 4) is 6.07 Å². The molecular weight excluding hydrogens is 274 g/mol. The van der Waals surface area contributed by atoms with Gasteiger partial charge in [0.1, 0.15) is 0 Å². The molecule has 0 aromatic heterocycles. The van der Waals surface area contributed by atoms with E-state index in [2.05, 4.69) is 0 Å². The van der Waals surface area contributed by atoms with Crippen LogP contribution in [0.2, 0.25) is 0 Å². The van der Waals surface area contributed by atoms with Gasteiger partial charge in [0.25, 0.3) is 0 Å². The number of nitriles is 1. The number of rotatable bonds is 3. The maximum atomic E-state index is 12.0. The van der Waals surface area contributed by atoms with Gasteiger partial charge in [0.15, 0.2) is 19.7 Å². The second-order valence-corrected chi connectivity index (χ2v) is 11.0. The molecule has 5 nitrogen and oxygen atoms in total. The third-order valence-corrected chi connectivity index (χ3v) is 7.83. The van der Waals surface area contributed by atoms with E-state index in [1.807, 2.05) is 6.07 Å². The van der Waals surface area contributed by atoms with Crippen molar-refractivity contribution in [1.29, 1.82) is 5.26 Å². The summed E-state index contributed by atoms with van der Waals surface area (Å²) in [7, 11) is -6.50. The van der Waals surface area contributed by atoms with Crippen molar-refractivity contribution in [2.45, 2.75) is 38.4 Å². The number of hydrogen-bond acceptors (Lipinski definition) is 5. The highest BCUT2D eigenvalue weighted by atomic mass is 32.2. The second kappa shape index (κ2) is 4.49. The molecule has 0 aromatic rings. The first-order chi connectivity index (χ1) is 7.93. The van der Waals surface area contributed by atoms with Crippen molar-refractivity contribution in [2.75, 3.05) is 17.3 Å². The number of hydrogen-bond donors (Lipinski definition) is 0. The van der Waals surface area contributed by atoms with Gasteiger partial charge in [-0.1, -0.05) is 0 Å². The fraction of sp³-hybridized carbons (Fsp3) is 0.909. The normalized spacial score (nSPS) is 27.9. The molecule has 0 spiro atoms. The molecule has 1 rings (SSSR count). The van der Waals surface area contributed by atoms with E-state index in [9.17, 15) is 16.8 Å². The second-order valence-electron chi connectivity index (χ2n) is 5.92. The van der Waals surface area contributed by atoms with Crippen LogP contribution in [0.4, 0.5) is 0 Å². The quantitative estimate of drug-likeness (QED) is 0.771. The summed E-state index contributed by atoms with van der Waals surface area (Å²) in [4.78, 5) is 0. The largest absolute Gasteiger partial charge is 0.229 e. The minimum Gasteiger partial charge on any atom is -0.229 e. The van der Waals surface area contributed by atoms with Crippen molar-refractivity contribution in [3.63, 3.8) is 0 Å². The molecule has 0 radical (unpaired) electrons. The fourth-order valence-electron chi connectivity index (χ4n) is 1.89. The molecule has 0 saturated carbocycles. The summed E-state index contributed by atoms with van der Waals surface area (Å²) in [6.07, 6.45) is 0.341. The Morgan fingerprint density at radius 3 is 2.22 bits per heavy atom. The Balaban J connectivity index is 2.84. The Morgan fingerprint density at radius 1 is 1.33 bits per heavy atom. The van der Waals surface area contributed by atoms with Crippen LogP contribution in [0.1, 0.15) is 33.6 Å². The summed E-state index contributed by atoms with van der Waals surface area (Å²) in [6, 6.07) is 2.01. The van der Waals surface area contributed by atoms with Crippen LogP contribution in [0.15, 0.2) is 0 Å². The molecule has 104 valence electrons. The third-order valence-electron chi connectivity index (χ3n) is 3.41. The molecule has 1 heterocycles. The first-order valence-corrected chi connectivity index (χ1v) is 9.24. The average molecular weight is 293 g/mol. The lowest BCUT2D eigenvalue weighted by atomic mass is 9.87. The van der Waals surface area contributed by atoms with Crippen LogP contribution < -0.4 is 0 Å². The molecule has 1 saturated heterocycles. The van der Waals surface area contributed by atoms with Crippen LogP contribution in [-0.4, -0.2) is 38.8 Å². The van der Waals surface area contributed by atoms with Gasteiger partial charge in [-0.2, -0.15) is 5.26 Å². The van der Waals surface area contributed by atoms with Crippen molar-refractivity contribution in [1.82, 2.24) is 0 Å². The van der Waals surface area contributed by atoms with Gasteiger partial charge >= 0.3 is 0 Å². The van der Waals surface area contributed by atoms with Crippen LogP contribution in [0.25, 0.3) is 0 Å². The van der Waals surface area contributed by atoms with E-state index >= 15 is 0 Å². The molecule has 0 aromatic carbocycles. The minimum absolute atomic E-state index is 0.0177. The van der Waals surface area contributed by atoms with E-state index in [0.29, 0.717) is 0 Å². The Kier molecular flexibility index (Phi) is 3.86. The van der Waals surface area contributed by atoms with Crippen molar-refractivity contribution >= 4 is 19.7 Å². The molecule has 7 heteroatoms. The zero-order valence-corrected chi connectivity index (χ0v) is 12.6. The van der Waals surface area contributed by atoms with Gasteiger partial charge < -0.3 is 0 Å². The molecule has 18 heavy (non-hydrogen) atoms. The van der Waals surface area contributed by atoms with Gasteiger partial charge in [-0.15, -0.1) is 0 Å². The van der Waals surface area contributed by atoms with E-state index in [-0.39, 0.29) is 30.1 Å². The molecule has 1 fully saturated rings. The smallest absolute Gasteiger partial charge is 0.155 e. The monoisotopic (exact) mass is 293 g/mol. The van der Waals surface area contributed by atoms with Crippen molar-refractivity contribution in [3.05, 3.63) is 0 Å². The van der Waals surface area contributed by atoms with Crippen LogP contribution in [0.5, 0.6) is 0 Å². The lowest BCUT2D eigenvalue weighted by Gasteiger charge is -2.23. The Bertz CT molecular complexity index is 563. The van der Waals surface area contributed by atoms with Gasteiger partial charge in [-0.05, 0) is 33.6 Å². The zero-order chi connectivity index (χ0) is 14.2. The molecular formula is C11H19NO4S2. The zero-order valence-electron chi connectivity index (χ0n) is 10.9. The maximum absolute atomic E-state index is 12.0. The fourth-order valence-corrected chi connectivity index (χ4v) is 5.21. The molecule has 0 bridgehead atoms. The number of sulfone groups is 2.